The maximum absolute atomic E-state index is 9.17. The van der Waals surface area contributed by atoms with E-state index in [4.69, 9.17) is 21.8 Å². The molecule has 0 aliphatic rings. The molecule has 0 fully saturated rings. The summed E-state index contributed by atoms with van der Waals surface area (Å²) >= 11 is 9.24. The van der Waals surface area contributed by atoms with Crippen molar-refractivity contribution in [3.63, 3.8) is 0 Å². The molecule has 0 unspecified atom stereocenters. The minimum atomic E-state index is -0.192. The van der Waals surface area contributed by atoms with Crippen molar-refractivity contribution < 1.29 is 10.2 Å². The first-order chi connectivity index (χ1) is 7.19. The Balaban J connectivity index is 2.78. The van der Waals surface area contributed by atoms with Crippen molar-refractivity contribution >= 4 is 27.5 Å². The summed E-state index contributed by atoms with van der Waals surface area (Å²) in [4.78, 5) is 0. The van der Waals surface area contributed by atoms with Crippen molar-refractivity contribution in [1.29, 1.82) is 0 Å². The van der Waals surface area contributed by atoms with E-state index in [0.29, 0.717) is 11.6 Å². The lowest BCUT2D eigenvalue weighted by molar-refractivity contribution is 0.227. The predicted molar refractivity (Wildman–Crippen MR) is 64.1 cm³/mol. The monoisotopic (exact) mass is 293 g/mol. The molecular formula is C10H13BrClNO2. The van der Waals surface area contributed by atoms with Gasteiger partial charge in [0.15, 0.2) is 0 Å². The van der Waals surface area contributed by atoms with Crippen molar-refractivity contribution in [3.05, 3.63) is 33.3 Å². The first-order valence-electron chi connectivity index (χ1n) is 4.59. The molecule has 15 heavy (non-hydrogen) atoms. The van der Waals surface area contributed by atoms with Gasteiger partial charge in [0.25, 0.3) is 0 Å². The SMILES string of the molecule is OCCN[C@H](CO)c1ccc(Br)c(Cl)c1. The Morgan fingerprint density at radius 2 is 2.13 bits per heavy atom. The van der Waals surface area contributed by atoms with Crippen LogP contribution >= 0.6 is 27.5 Å². The molecule has 0 spiro atoms. The van der Waals surface area contributed by atoms with Crippen LogP contribution in [0.2, 0.25) is 5.02 Å². The van der Waals surface area contributed by atoms with Crippen molar-refractivity contribution in [3.8, 4) is 0 Å². The Hall–Kier alpha value is -0.130. The third-order valence-electron chi connectivity index (χ3n) is 2.03. The fourth-order valence-electron chi connectivity index (χ4n) is 1.26. The van der Waals surface area contributed by atoms with E-state index in [-0.39, 0.29) is 19.3 Å². The van der Waals surface area contributed by atoms with Gasteiger partial charge in [-0.2, -0.15) is 0 Å². The third kappa shape index (κ3) is 3.74. The lowest BCUT2D eigenvalue weighted by atomic mass is 10.1. The lowest BCUT2D eigenvalue weighted by Crippen LogP contribution is -2.27. The number of aliphatic hydroxyl groups is 2. The second kappa shape index (κ2) is 6.45. The molecule has 3 N–H and O–H groups in total. The highest BCUT2D eigenvalue weighted by Crippen LogP contribution is 2.25. The minimum Gasteiger partial charge on any atom is -0.395 e. The van der Waals surface area contributed by atoms with E-state index < -0.39 is 0 Å². The highest BCUT2D eigenvalue weighted by molar-refractivity contribution is 9.10. The summed E-state index contributed by atoms with van der Waals surface area (Å²) in [7, 11) is 0. The van der Waals surface area contributed by atoms with Crippen molar-refractivity contribution in [2.24, 2.45) is 0 Å². The minimum absolute atomic E-state index is 0.0298. The van der Waals surface area contributed by atoms with Gasteiger partial charge in [-0.15, -0.1) is 0 Å². The molecule has 0 radical (unpaired) electrons. The van der Waals surface area contributed by atoms with E-state index in [0.717, 1.165) is 10.0 Å². The molecule has 0 aliphatic heterocycles. The molecule has 0 saturated carbocycles. The summed E-state index contributed by atoms with van der Waals surface area (Å²) in [6, 6.07) is 5.31. The Kier molecular flexibility index (Phi) is 5.56. The molecule has 0 bridgehead atoms. The zero-order chi connectivity index (χ0) is 11.3. The summed E-state index contributed by atoms with van der Waals surface area (Å²) in [6.45, 7) is 0.456. The normalized spacial score (nSPS) is 12.8. The fourth-order valence-corrected chi connectivity index (χ4v) is 1.69. The van der Waals surface area contributed by atoms with E-state index in [1.54, 1.807) is 6.07 Å². The molecule has 3 nitrogen and oxygen atoms in total. The molecule has 0 saturated heterocycles. The summed E-state index contributed by atoms with van der Waals surface area (Å²) < 4.78 is 0.826. The molecular weight excluding hydrogens is 281 g/mol. The van der Waals surface area contributed by atoms with Crippen LogP contribution in [0.15, 0.2) is 22.7 Å². The lowest BCUT2D eigenvalue weighted by Gasteiger charge is -2.16. The van der Waals surface area contributed by atoms with Crippen LogP contribution in [0.1, 0.15) is 11.6 Å². The van der Waals surface area contributed by atoms with Gasteiger partial charge < -0.3 is 15.5 Å². The van der Waals surface area contributed by atoms with Crippen LogP contribution in [0.25, 0.3) is 0 Å². The Morgan fingerprint density at radius 1 is 1.40 bits per heavy atom. The standard InChI is InChI=1S/C10H13BrClNO2/c11-8-2-1-7(5-9(8)12)10(6-15)13-3-4-14/h1-2,5,10,13-15H,3-4,6H2/t10-/m1/s1. The number of hydrogen-bond acceptors (Lipinski definition) is 3. The largest absolute Gasteiger partial charge is 0.395 e. The number of nitrogens with one attached hydrogen (secondary N) is 1. The van der Waals surface area contributed by atoms with Crippen LogP contribution in [0, 0.1) is 0 Å². The number of rotatable bonds is 5. The summed E-state index contributed by atoms with van der Waals surface area (Å²) in [5.74, 6) is 0. The zero-order valence-corrected chi connectivity index (χ0v) is 10.4. The number of hydrogen-bond donors (Lipinski definition) is 3. The molecule has 1 aromatic rings. The first-order valence-corrected chi connectivity index (χ1v) is 5.76. The van der Waals surface area contributed by atoms with E-state index in [9.17, 15) is 0 Å². The number of halogens is 2. The van der Waals surface area contributed by atoms with Gasteiger partial charge in [-0.25, -0.2) is 0 Å². The molecule has 0 aliphatic carbocycles. The van der Waals surface area contributed by atoms with Crippen molar-refractivity contribution in [1.82, 2.24) is 5.32 Å². The number of aliphatic hydroxyl groups excluding tert-OH is 2. The summed E-state index contributed by atoms with van der Waals surface area (Å²) in [5.41, 5.74) is 0.902. The van der Waals surface area contributed by atoms with Gasteiger partial charge in [-0.1, -0.05) is 17.7 Å². The van der Waals surface area contributed by atoms with Gasteiger partial charge in [-0.05, 0) is 33.6 Å². The van der Waals surface area contributed by atoms with Gasteiger partial charge in [0, 0.05) is 11.0 Å². The first kappa shape index (κ1) is 12.9. The summed E-state index contributed by atoms with van der Waals surface area (Å²) in [5, 5.41) is 21.5. The molecule has 1 atom stereocenters. The van der Waals surface area contributed by atoms with Gasteiger partial charge >= 0.3 is 0 Å². The van der Waals surface area contributed by atoms with E-state index in [1.165, 1.54) is 0 Å². The van der Waals surface area contributed by atoms with Crippen LogP contribution < -0.4 is 5.32 Å². The molecule has 0 amide bonds. The predicted octanol–water partition coefficient (Wildman–Crippen LogP) is 1.72. The highest BCUT2D eigenvalue weighted by Gasteiger charge is 2.10. The van der Waals surface area contributed by atoms with E-state index in [1.807, 2.05) is 12.1 Å². The van der Waals surface area contributed by atoms with Crippen molar-refractivity contribution in [2.45, 2.75) is 6.04 Å². The Morgan fingerprint density at radius 3 is 2.67 bits per heavy atom. The maximum atomic E-state index is 9.17. The number of benzene rings is 1. The zero-order valence-electron chi connectivity index (χ0n) is 8.08. The van der Waals surface area contributed by atoms with Gasteiger partial charge in [0.05, 0.1) is 24.3 Å². The molecule has 84 valence electrons. The Labute approximate surface area is 102 Å². The average Bonchev–Trinajstić information content (AvgIpc) is 2.24. The van der Waals surface area contributed by atoms with Gasteiger partial charge in [0.1, 0.15) is 0 Å². The molecule has 1 rings (SSSR count). The molecule has 0 aromatic heterocycles. The van der Waals surface area contributed by atoms with Crippen LogP contribution in [-0.4, -0.2) is 30.0 Å². The maximum Gasteiger partial charge on any atom is 0.0626 e. The van der Waals surface area contributed by atoms with Crippen LogP contribution in [0.5, 0.6) is 0 Å². The topological polar surface area (TPSA) is 52.5 Å². The highest BCUT2D eigenvalue weighted by atomic mass is 79.9. The van der Waals surface area contributed by atoms with Gasteiger partial charge in [0.2, 0.25) is 0 Å². The third-order valence-corrected chi connectivity index (χ3v) is 3.26. The van der Waals surface area contributed by atoms with Gasteiger partial charge in [-0.3, -0.25) is 0 Å². The summed E-state index contributed by atoms with van der Waals surface area (Å²) in [6.07, 6.45) is 0. The van der Waals surface area contributed by atoms with Crippen LogP contribution in [-0.2, 0) is 0 Å². The fraction of sp³-hybridized carbons (Fsp3) is 0.400. The van der Waals surface area contributed by atoms with E-state index >= 15 is 0 Å². The molecule has 1 aromatic carbocycles. The quantitative estimate of drug-likeness (QED) is 0.775. The average molecular weight is 295 g/mol. The molecule has 0 heterocycles. The smallest absolute Gasteiger partial charge is 0.0626 e. The second-order valence-corrected chi connectivity index (χ2v) is 4.35. The molecule has 5 heteroatoms. The van der Waals surface area contributed by atoms with Crippen molar-refractivity contribution in [2.75, 3.05) is 19.8 Å². The Bertz CT molecular complexity index is 322. The second-order valence-electron chi connectivity index (χ2n) is 3.09. The van der Waals surface area contributed by atoms with Crippen LogP contribution in [0.3, 0.4) is 0 Å². The van der Waals surface area contributed by atoms with Crippen LogP contribution in [0.4, 0.5) is 0 Å². The van der Waals surface area contributed by atoms with E-state index in [2.05, 4.69) is 21.2 Å².